The Bertz CT molecular complexity index is 861. The first kappa shape index (κ1) is 19.8. The Kier molecular flexibility index (Phi) is 5.39. The lowest BCUT2D eigenvalue weighted by Gasteiger charge is -2.39. The summed E-state index contributed by atoms with van der Waals surface area (Å²) in [7, 11) is 0. The second-order valence-electron chi connectivity index (χ2n) is 9.88. The van der Waals surface area contributed by atoms with Gasteiger partial charge in [-0.2, -0.15) is 4.98 Å². The van der Waals surface area contributed by atoms with Crippen LogP contribution in [0, 0.1) is 11.3 Å². The molecule has 162 valence electrons. The minimum absolute atomic E-state index is 0.248. The number of nitrogens with zero attached hydrogens (tertiary/aromatic N) is 4. The van der Waals surface area contributed by atoms with Crippen molar-refractivity contribution in [3.63, 3.8) is 0 Å². The highest BCUT2D eigenvalue weighted by Crippen LogP contribution is 2.37. The third-order valence-corrected chi connectivity index (χ3v) is 6.89. The molecule has 5 rings (SSSR count). The first-order valence-corrected chi connectivity index (χ1v) is 11.6. The Morgan fingerprint density at radius 3 is 2.80 bits per heavy atom. The molecule has 7 heteroatoms. The molecule has 30 heavy (non-hydrogen) atoms. The summed E-state index contributed by atoms with van der Waals surface area (Å²) in [5.74, 6) is 3.33. The summed E-state index contributed by atoms with van der Waals surface area (Å²) in [5.41, 5.74) is 3.02. The van der Waals surface area contributed by atoms with E-state index in [0.29, 0.717) is 11.3 Å². The maximum atomic E-state index is 5.54. The zero-order valence-corrected chi connectivity index (χ0v) is 18.3. The van der Waals surface area contributed by atoms with Gasteiger partial charge in [0.1, 0.15) is 12.1 Å². The highest BCUT2D eigenvalue weighted by molar-refractivity contribution is 5.53. The van der Waals surface area contributed by atoms with Crippen LogP contribution in [0.25, 0.3) is 0 Å². The van der Waals surface area contributed by atoms with Crippen molar-refractivity contribution in [2.75, 3.05) is 36.4 Å². The van der Waals surface area contributed by atoms with Gasteiger partial charge in [-0.05, 0) is 44.4 Å². The molecule has 0 saturated carbocycles. The molecule has 2 aromatic rings. The van der Waals surface area contributed by atoms with Gasteiger partial charge in [0.2, 0.25) is 5.95 Å². The van der Waals surface area contributed by atoms with Crippen LogP contribution in [0.4, 0.5) is 11.8 Å². The largest absolute Gasteiger partial charge is 0.449 e. The topological polar surface area (TPSA) is 79.1 Å². The second-order valence-corrected chi connectivity index (χ2v) is 9.88. The van der Waals surface area contributed by atoms with Gasteiger partial charge >= 0.3 is 0 Å². The Hall–Kier alpha value is -2.15. The predicted octanol–water partition coefficient (Wildman–Crippen LogP) is 3.21. The van der Waals surface area contributed by atoms with Gasteiger partial charge in [0.15, 0.2) is 5.89 Å². The Labute approximate surface area is 179 Å². The van der Waals surface area contributed by atoms with Crippen LogP contribution in [0.3, 0.4) is 0 Å². The summed E-state index contributed by atoms with van der Waals surface area (Å²) >= 11 is 0. The molecule has 2 aliphatic heterocycles. The van der Waals surface area contributed by atoms with Crippen molar-refractivity contribution in [2.45, 2.75) is 64.8 Å². The predicted molar refractivity (Wildman–Crippen MR) is 118 cm³/mol. The van der Waals surface area contributed by atoms with E-state index in [1.807, 2.05) is 0 Å². The minimum atomic E-state index is 0.248. The molecule has 0 radical (unpaired) electrons. The van der Waals surface area contributed by atoms with Gasteiger partial charge < -0.3 is 20.0 Å². The highest BCUT2D eigenvalue weighted by Gasteiger charge is 2.43. The molecule has 2 aromatic heterocycles. The maximum Gasteiger partial charge on any atom is 0.227 e. The lowest BCUT2D eigenvalue weighted by Crippen LogP contribution is -2.54. The van der Waals surface area contributed by atoms with E-state index >= 15 is 0 Å². The monoisotopic (exact) mass is 410 g/mol. The summed E-state index contributed by atoms with van der Waals surface area (Å²) in [6.07, 6.45) is 11.0. The van der Waals surface area contributed by atoms with E-state index in [1.54, 1.807) is 12.5 Å². The summed E-state index contributed by atoms with van der Waals surface area (Å²) < 4.78 is 5.54. The van der Waals surface area contributed by atoms with Crippen molar-refractivity contribution in [2.24, 2.45) is 11.3 Å². The van der Waals surface area contributed by atoms with Crippen molar-refractivity contribution in [1.29, 1.82) is 0 Å². The Morgan fingerprint density at radius 1 is 1.23 bits per heavy atom. The van der Waals surface area contributed by atoms with Crippen molar-refractivity contribution in [1.82, 2.24) is 20.3 Å². The quantitative estimate of drug-likeness (QED) is 0.725. The Morgan fingerprint density at radius 2 is 2.10 bits per heavy atom. The zero-order valence-electron chi connectivity index (χ0n) is 18.3. The van der Waals surface area contributed by atoms with Crippen molar-refractivity contribution < 1.29 is 4.42 Å². The molecule has 2 saturated heterocycles. The molecule has 0 bridgehead atoms. The van der Waals surface area contributed by atoms with Gasteiger partial charge in [-0.1, -0.05) is 13.8 Å². The fraction of sp³-hybridized carbons (Fsp3) is 0.696. The first-order valence-electron chi connectivity index (χ1n) is 11.6. The van der Waals surface area contributed by atoms with Gasteiger partial charge in [-0.3, -0.25) is 0 Å². The van der Waals surface area contributed by atoms with E-state index in [0.717, 1.165) is 69.5 Å². The molecule has 7 nitrogen and oxygen atoms in total. The molecule has 0 aromatic carbocycles. The molecule has 3 aliphatic rings. The molecule has 0 unspecified atom stereocenters. The number of aryl methyl sites for hydroxylation is 1. The first-order chi connectivity index (χ1) is 14.6. The van der Waals surface area contributed by atoms with Crippen LogP contribution in [-0.4, -0.2) is 47.2 Å². The molecule has 4 heterocycles. The van der Waals surface area contributed by atoms with Crippen LogP contribution in [0.15, 0.2) is 16.9 Å². The van der Waals surface area contributed by atoms with Crippen molar-refractivity contribution in [3.8, 4) is 0 Å². The normalized spacial score (nSPS) is 21.0. The van der Waals surface area contributed by atoms with Crippen LogP contribution in [-0.2, 0) is 19.3 Å². The SMILES string of the molecule is CC(C)C[C@@H](Cc1ncco1)Nc1nc(N2CCC3(CNC3)C2)nc2c1CCCC2. The summed E-state index contributed by atoms with van der Waals surface area (Å²) in [5, 5.41) is 7.25. The lowest BCUT2D eigenvalue weighted by molar-refractivity contribution is 0.199. The number of rotatable bonds is 7. The molecule has 2 fully saturated rings. The molecular weight excluding hydrogens is 376 g/mol. The van der Waals surface area contributed by atoms with E-state index in [1.165, 1.54) is 30.5 Å². The van der Waals surface area contributed by atoms with Gasteiger partial charge in [-0.15, -0.1) is 0 Å². The smallest absolute Gasteiger partial charge is 0.227 e. The fourth-order valence-corrected chi connectivity index (χ4v) is 5.24. The molecule has 1 spiro atoms. The van der Waals surface area contributed by atoms with Crippen LogP contribution in [0.5, 0.6) is 0 Å². The van der Waals surface area contributed by atoms with Crippen molar-refractivity contribution in [3.05, 3.63) is 29.6 Å². The zero-order chi connectivity index (χ0) is 20.6. The minimum Gasteiger partial charge on any atom is -0.449 e. The molecular formula is C23H34N6O. The van der Waals surface area contributed by atoms with E-state index in [4.69, 9.17) is 14.4 Å². The highest BCUT2D eigenvalue weighted by atomic mass is 16.3. The van der Waals surface area contributed by atoms with Gasteiger partial charge in [0.05, 0.1) is 11.9 Å². The number of hydrogen-bond acceptors (Lipinski definition) is 7. The number of aromatic nitrogens is 3. The summed E-state index contributed by atoms with van der Waals surface area (Å²) in [6, 6.07) is 0.248. The van der Waals surface area contributed by atoms with Crippen LogP contribution in [0.1, 0.15) is 56.7 Å². The van der Waals surface area contributed by atoms with E-state index in [2.05, 4.69) is 34.4 Å². The fourth-order valence-electron chi connectivity index (χ4n) is 5.24. The van der Waals surface area contributed by atoms with E-state index in [9.17, 15) is 0 Å². The van der Waals surface area contributed by atoms with Gasteiger partial charge in [-0.25, -0.2) is 9.97 Å². The standard InChI is InChI=1S/C23H34N6O/c1-16(2)11-17(12-20-25-8-10-30-20)26-21-18-5-3-4-6-19(18)27-22(28-21)29-9-7-23(15-29)13-24-14-23/h8,10,16-17,24H,3-7,9,11-15H2,1-2H3,(H,26,27,28)/t17-/m0/s1. The summed E-state index contributed by atoms with van der Waals surface area (Å²) in [4.78, 5) is 16.9. The number of fused-ring (bicyclic) bond motifs is 1. The number of anilines is 2. The average molecular weight is 411 g/mol. The van der Waals surface area contributed by atoms with E-state index in [-0.39, 0.29) is 6.04 Å². The van der Waals surface area contributed by atoms with Crippen LogP contribution >= 0.6 is 0 Å². The average Bonchev–Trinajstić information content (AvgIpc) is 3.37. The third kappa shape index (κ3) is 4.04. The molecule has 1 aliphatic carbocycles. The third-order valence-electron chi connectivity index (χ3n) is 6.89. The van der Waals surface area contributed by atoms with E-state index < -0.39 is 0 Å². The number of hydrogen-bond donors (Lipinski definition) is 2. The Balaban J connectivity index is 1.42. The van der Waals surface area contributed by atoms with Gasteiger partial charge in [0.25, 0.3) is 0 Å². The molecule has 1 atom stereocenters. The number of oxazole rings is 1. The number of nitrogens with one attached hydrogen (secondary N) is 2. The maximum absolute atomic E-state index is 5.54. The lowest BCUT2D eigenvalue weighted by atomic mass is 9.81. The molecule has 0 amide bonds. The summed E-state index contributed by atoms with van der Waals surface area (Å²) in [6.45, 7) is 8.93. The van der Waals surface area contributed by atoms with Crippen LogP contribution < -0.4 is 15.5 Å². The van der Waals surface area contributed by atoms with Crippen molar-refractivity contribution >= 4 is 11.8 Å². The van der Waals surface area contributed by atoms with Crippen LogP contribution in [0.2, 0.25) is 0 Å². The second kappa shape index (κ2) is 8.17. The van der Waals surface area contributed by atoms with Gasteiger partial charge in [0, 0.05) is 49.6 Å². The molecule has 2 N–H and O–H groups in total.